The molecule has 1 aromatic carbocycles. The normalized spacial score (nSPS) is 17.3. The van der Waals surface area contributed by atoms with Gasteiger partial charge in [0.05, 0.1) is 0 Å². The zero-order chi connectivity index (χ0) is 15.2. The van der Waals surface area contributed by atoms with Gasteiger partial charge in [0.25, 0.3) is 5.91 Å². The molecular formula is C18H27NO2. The predicted molar refractivity (Wildman–Crippen MR) is 85.6 cm³/mol. The van der Waals surface area contributed by atoms with Gasteiger partial charge in [0.15, 0.2) is 6.10 Å². The summed E-state index contributed by atoms with van der Waals surface area (Å²) in [5, 5.41) is 3.16. The molecule has 1 aromatic rings. The van der Waals surface area contributed by atoms with Crippen molar-refractivity contribution in [2.45, 2.75) is 71.4 Å². The van der Waals surface area contributed by atoms with E-state index in [1.54, 1.807) is 0 Å². The van der Waals surface area contributed by atoms with Gasteiger partial charge in [-0.1, -0.05) is 38.3 Å². The van der Waals surface area contributed by atoms with Crippen LogP contribution in [0.15, 0.2) is 18.2 Å². The van der Waals surface area contributed by atoms with Gasteiger partial charge in [-0.3, -0.25) is 4.79 Å². The van der Waals surface area contributed by atoms with Gasteiger partial charge in [-0.05, 0) is 50.3 Å². The third kappa shape index (κ3) is 4.23. The second kappa shape index (κ2) is 7.48. The number of hydrogen-bond acceptors (Lipinski definition) is 2. The first kappa shape index (κ1) is 15.9. The molecule has 0 heterocycles. The predicted octanol–water partition coefficient (Wildman–Crippen LogP) is 3.91. The van der Waals surface area contributed by atoms with Crippen molar-refractivity contribution in [1.29, 1.82) is 0 Å². The first-order valence-electron chi connectivity index (χ1n) is 8.15. The van der Waals surface area contributed by atoms with E-state index in [-0.39, 0.29) is 5.91 Å². The van der Waals surface area contributed by atoms with Gasteiger partial charge in [0.2, 0.25) is 0 Å². The van der Waals surface area contributed by atoms with Gasteiger partial charge in [0, 0.05) is 6.04 Å². The number of nitrogens with one attached hydrogen (secondary N) is 1. The molecule has 1 N–H and O–H groups in total. The summed E-state index contributed by atoms with van der Waals surface area (Å²) in [6.07, 6.45) is 6.23. The van der Waals surface area contributed by atoms with Crippen LogP contribution in [0.25, 0.3) is 0 Å². The maximum absolute atomic E-state index is 12.4. The number of benzene rings is 1. The second-order valence-corrected chi connectivity index (χ2v) is 6.06. The maximum Gasteiger partial charge on any atom is 0.261 e. The average molecular weight is 289 g/mol. The van der Waals surface area contributed by atoms with Gasteiger partial charge >= 0.3 is 0 Å². The van der Waals surface area contributed by atoms with Crippen molar-refractivity contribution in [3.8, 4) is 5.75 Å². The summed E-state index contributed by atoms with van der Waals surface area (Å²) in [5.41, 5.74) is 2.30. The van der Waals surface area contributed by atoms with Crippen molar-refractivity contribution < 1.29 is 9.53 Å². The highest BCUT2D eigenvalue weighted by atomic mass is 16.5. The smallest absolute Gasteiger partial charge is 0.261 e. The van der Waals surface area contributed by atoms with Crippen LogP contribution in [-0.2, 0) is 4.79 Å². The Morgan fingerprint density at radius 3 is 2.67 bits per heavy atom. The minimum absolute atomic E-state index is 0.0327. The van der Waals surface area contributed by atoms with Crippen LogP contribution in [0.4, 0.5) is 0 Å². The minimum atomic E-state index is -0.396. The Balaban J connectivity index is 1.98. The maximum atomic E-state index is 12.4. The lowest BCUT2D eigenvalue weighted by Crippen LogP contribution is -2.44. The third-order valence-corrected chi connectivity index (χ3v) is 4.44. The van der Waals surface area contributed by atoms with Crippen LogP contribution >= 0.6 is 0 Å². The summed E-state index contributed by atoms with van der Waals surface area (Å²) < 4.78 is 5.97. The van der Waals surface area contributed by atoms with Crippen LogP contribution in [-0.4, -0.2) is 18.1 Å². The van der Waals surface area contributed by atoms with E-state index in [9.17, 15) is 4.79 Å². The number of ether oxygens (including phenoxy) is 1. The highest BCUT2D eigenvalue weighted by molar-refractivity contribution is 5.81. The summed E-state index contributed by atoms with van der Waals surface area (Å²) in [6.45, 7) is 6.10. The molecule has 0 radical (unpaired) electrons. The third-order valence-electron chi connectivity index (χ3n) is 4.44. The van der Waals surface area contributed by atoms with Crippen molar-refractivity contribution in [3.63, 3.8) is 0 Å². The van der Waals surface area contributed by atoms with Crippen LogP contribution < -0.4 is 10.1 Å². The van der Waals surface area contributed by atoms with Crippen molar-refractivity contribution >= 4 is 5.91 Å². The lowest BCUT2D eigenvalue weighted by Gasteiger charge is -2.26. The average Bonchev–Trinajstić information content (AvgIpc) is 2.49. The highest BCUT2D eigenvalue weighted by Gasteiger charge is 2.23. The molecule has 0 spiro atoms. The van der Waals surface area contributed by atoms with E-state index in [0.29, 0.717) is 12.5 Å². The largest absolute Gasteiger partial charge is 0.480 e. The SMILES string of the molecule is CC[C@H](Oc1cccc(C)c1C)C(=O)NC1CCCCC1. The number of carbonyl (C=O) groups is 1. The van der Waals surface area contributed by atoms with E-state index in [1.165, 1.54) is 24.8 Å². The molecule has 116 valence electrons. The van der Waals surface area contributed by atoms with E-state index in [0.717, 1.165) is 24.2 Å². The number of rotatable bonds is 5. The molecule has 3 nitrogen and oxygen atoms in total. The summed E-state index contributed by atoms with van der Waals surface area (Å²) in [6, 6.07) is 6.32. The van der Waals surface area contributed by atoms with Crippen LogP contribution in [0.5, 0.6) is 5.75 Å². The Kier molecular flexibility index (Phi) is 5.66. The lowest BCUT2D eigenvalue weighted by atomic mass is 9.95. The molecule has 21 heavy (non-hydrogen) atoms. The van der Waals surface area contributed by atoms with Gasteiger partial charge in [-0.25, -0.2) is 0 Å². The van der Waals surface area contributed by atoms with Crippen molar-refractivity contribution in [2.24, 2.45) is 0 Å². The fourth-order valence-electron chi connectivity index (χ4n) is 2.87. The van der Waals surface area contributed by atoms with E-state index in [2.05, 4.69) is 18.3 Å². The van der Waals surface area contributed by atoms with Crippen LogP contribution in [0.3, 0.4) is 0 Å². The Labute approximate surface area is 128 Å². The number of hydrogen-bond donors (Lipinski definition) is 1. The number of aryl methyl sites for hydroxylation is 1. The molecule has 0 unspecified atom stereocenters. The Morgan fingerprint density at radius 2 is 2.00 bits per heavy atom. The highest BCUT2D eigenvalue weighted by Crippen LogP contribution is 2.23. The molecule has 0 aromatic heterocycles. The first-order chi connectivity index (χ1) is 10.1. The molecule has 1 fully saturated rings. The first-order valence-corrected chi connectivity index (χ1v) is 8.15. The Morgan fingerprint density at radius 1 is 1.29 bits per heavy atom. The molecule has 3 heteroatoms. The molecule has 1 atom stereocenters. The van der Waals surface area contributed by atoms with Gasteiger partial charge in [-0.2, -0.15) is 0 Å². The molecule has 1 aliphatic carbocycles. The summed E-state index contributed by atoms with van der Waals surface area (Å²) in [4.78, 5) is 12.4. The fraction of sp³-hybridized carbons (Fsp3) is 0.611. The van der Waals surface area contributed by atoms with E-state index in [1.807, 2.05) is 26.0 Å². The molecule has 2 rings (SSSR count). The van der Waals surface area contributed by atoms with Gasteiger partial charge in [0.1, 0.15) is 5.75 Å². The monoisotopic (exact) mass is 289 g/mol. The van der Waals surface area contributed by atoms with Crippen LogP contribution in [0.2, 0.25) is 0 Å². The fourth-order valence-corrected chi connectivity index (χ4v) is 2.87. The minimum Gasteiger partial charge on any atom is -0.480 e. The summed E-state index contributed by atoms with van der Waals surface area (Å²) in [7, 11) is 0. The second-order valence-electron chi connectivity index (χ2n) is 6.06. The van der Waals surface area contributed by atoms with Gasteiger partial charge < -0.3 is 10.1 Å². The topological polar surface area (TPSA) is 38.3 Å². The Hall–Kier alpha value is -1.51. The van der Waals surface area contributed by atoms with Crippen LogP contribution in [0.1, 0.15) is 56.6 Å². The zero-order valence-corrected chi connectivity index (χ0v) is 13.4. The molecule has 1 saturated carbocycles. The quantitative estimate of drug-likeness (QED) is 0.892. The summed E-state index contributed by atoms with van der Waals surface area (Å²) >= 11 is 0. The van der Waals surface area contributed by atoms with Crippen LogP contribution in [0, 0.1) is 13.8 Å². The molecule has 0 aliphatic heterocycles. The molecule has 1 aliphatic rings. The summed E-state index contributed by atoms with van der Waals surface area (Å²) in [5.74, 6) is 0.853. The molecule has 1 amide bonds. The van der Waals surface area contributed by atoms with E-state index < -0.39 is 6.10 Å². The van der Waals surface area contributed by atoms with Crippen molar-refractivity contribution in [3.05, 3.63) is 29.3 Å². The number of amides is 1. The standard InChI is InChI=1S/C18H27NO2/c1-4-16(18(20)19-15-10-6-5-7-11-15)21-17-12-8-9-13(2)14(17)3/h8-9,12,15-16H,4-7,10-11H2,1-3H3,(H,19,20)/t16-/m0/s1. The van der Waals surface area contributed by atoms with Gasteiger partial charge in [-0.15, -0.1) is 0 Å². The Bertz CT molecular complexity index is 478. The molecule has 0 saturated heterocycles. The van der Waals surface area contributed by atoms with E-state index >= 15 is 0 Å². The van der Waals surface area contributed by atoms with E-state index in [4.69, 9.17) is 4.74 Å². The molecular weight excluding hydrogens is 262 g/mol. The lowest BCUT2D eigenvalue weighted by molar-refractivity contribution is -0.129. The zero-order valence-electron chi connectivity index (χ0n) is 13.4. The van der Waals surface area contributed by atoms with Crippen molar-refractivity contribution in [1.82, 2.24) is 5.32 Å². The van der Waals surface area contributed by atoms with Crippen molar-refractivity contribution in [2.75, 3.05) is 0 Å². The molecule has 0 bridgehead atoms. The number of carbonyl (C=O) groups excluding carboxylic acids is 1.